The molecule has 0 aliphatic heterocycles. The van der Waals surface area contributed by atoms with Crippen molar-refractivity contribution in [3.8, 4) is 0 Å². The normalized spacial score (nSPS) is 41.4. The van der Waals surface area contributed by atoms with E-state index in [9.17, 15) is 0 Å². The van der Waals surface area contributed by atoms with Crippen LogP contribution in [0.2, 0.25) is 0 Å². The smallest absolute Gasteiger partial charge is 0.155 e. The van der Waals surface area contributed by atoms with E-state index in [1.54, 1.807) is 0 Å². The van der Waals surface area contributed by atoms with E-state index in [2.05, 4.69) is 13.8 Å². The van der Waals surface area contributed by atoms with Crippen LogP contribution in [-0.4, -0.2) is 17.0 Å². The Morgan fingerprint density at radius 3 is 2.60 bits per heavy atom. The molecular formula is C8H16O2. The van der Waals surface area contributed by atoms with E-state index < -0.39 is 6.29 Å². The molecular weight excluding hydrogens is 128 g/mol. The van der Waals surface area contributed by atoms with Crippen molar-refractivity contribution in [3.63, 3.8) is 0 Å². The Balaban J connectivity index is 2.26. The highest BCUT2D eigenvalue weighted by Gasteiger charge is 2.49. The number of hydrogen-bond acceptors (Lipinski definition) is 2. The summed E-state index contributed by atoms with van der Waals surface area (Å²) >= 11 is 0. The fraction of sp³-hybridized carbons (Fsp3) is 1.00. The molecule has 3 atom stereocenters. The Labute approximate surface area is 62.2 Å². The molecule has 0 amide bonds. The summed E-state index contributed by atoms with van der Waals surface area (Å²) < 4.78 is 5.37. The molecule has 0 saturated heterocycles. The Hall–Kier alpha value is -0.0800. The summed E-state index contributed by atoms with van der Waals surface area (Å²) in [5, 5.41) is 9.13. The fourth-order valence-electron chi connectivity index (χ4n) is 1.11. The lowest BCUT2D eigenvalue weighted by atomic mass is 10.3. The molecule has 2 heteroatoms. The predicted octanol–water partition coefficient (Wildman–Crippen LogP) is 1.53. The van der Waals surface area contributed by atoms with Crippen molar-refractivity contribution >= 4 is 0 Å². The highest BCUT2D eigenvalue weighted by atomic mass is 16.6. The first kappa shape index (κ1) is 8.02. The van der Waals surface area contributed by atoms with Crippen molar-refractivity contribution in [2.75, 3.05) is 0 Å². The second-order valence-corrected chi connectivity index (χ2v) is 3.40. The minimum absolute atomic E-state index is 0.0184. The van der Waals surface area contributed by atoms with Crippen molar-refractivity contribution in [1.29, 1.82) is 0 Å². The molecule has 1 N–H and O–H groups in total. The molecule has 0 heterocycles. The van der Waals surface area contributed by atoms with Gasteiger partial charge in [0, 0.05) is 0 Å². The van der Waals surface area contributed by atoms with E-state index >= 15 is 0 Å². The first-order chi connectivity index (χ1) is 4.58. The summed E-state index contributed by atoms with van der Waals surface area (Å²) in [5.41, 5.74) is -0.0184. The van der Waals surface area contributed by atoms with Gasteiger partial charge >= 0.3 is 0 Å². The van der Waals surface area contributed by atoms with Crippen LogP contribution in [0.1, 0.15) is 33.6 Å². The average molecular weight is 144 g/mol. The second kappa shape index (κ2) is 2.51. The highest BCUT2D eigenvalue weighted by Crippen LogP contribution is 2.46. The molecule has 2 nitrogen and oxygen atoms in total. The van der Waals surface area contributed by atoms with Gasteiger partial charge in [0.1, 0.15) is 0 Å². The summed E-state index contributed by atoms with van der Waals surface area (Å²) in [4.78, 5) is 0. The van der Waals surface area contributed by atoms with Crippen LogP contribution >= 0.6 is 0 Å². The number of ether oxygens (including phenoxy) is 1. The van der Waals surface area contributed by atoms with Crippen LogP contribution in [0, 0.1) is 5.92 Å². The van der Waals surface area contributed by atoms with E-state index in [0.29, 0.717) is 12.3 Å². The summed E-state index contributed by atoms with van der Waals surface area (Å²) in [6.45, 7) is 6.11. The molecule has 60 valence electrons. The molecule has 0 aromatic rings. The average Bonchev–Trinajstić information content (AvgIpc) is 2.40. The quantitative estimate of drug-likeness (QED) is 0.609. The van der Waals surface area contributed by atoms with Gasteiger partial charge in [-0.2, -0.15) is 0 Å². The van der Waals surface area contributed by atoms with E-state index in [4.69, 9.17) is 9.84 Å². The molecule has 1 rings (SSSR count). The second-order valence-electron chi connectivity index (χ2n) is 3.40. The molecule has 0 spiro atoms. The maximum absolute atomic E-state index is 9.13. The predicted molar refractivity (Wildman–Crippen MR) is 39.6 cm³/mol. The molecule has 3 unspecified atom stereocenters. The van der Waals surface area contributed by atoms with Crippen molar-refractivity contribution in [1.82, 2.24) is 0 Å². The first-order valence-electron chi connectivity index (χ1n) is 3.94. The molecule has 1 aliphatic rings. The molecule has 10 heavy (non-hydrogen) atoms. The Morgan fingerprint density at radius 2 is 2.30 bits per heavy atom. The van der Waals surface area contributed by atoms with Crippen LogP contribution in [0.15, 0.2) is 0 Å². The van der Waals surface area contributed by atoms with Crippen LogP contribution in [-0.2, 0) is 4.74 Å². The van der Waals surface area contributed by atoms with Gasteiger partial charge in [-0.25, -0.2) is 0 Å². The zero-order chi connectivity index (χ0) is 7.78. The van der Waals surface area contributed by atoms with Crippen LogP contribution in [0.25, 0.3) is 0 Å². The van der Waals surface area contributed by atoms with Crippen LogP contribution in [0.5, 0.6) is 0 Å². The number of aliphatic hydroxyl groups is 1. The Bertz CT molecular complexity index is 124. The zero-order valence-electron chi connectivity index (χ0n) is 6.92. The molecule has 0 aromatic carbocycles. The largest absolute Gasteiger partial charge is 0.368 e. The first-order valence-corrected chi connectivity index (χ1v) is 3.94. The minimum atomic E-state index is -0.560. The fourth-order valence-corrected chi connectivity index (χ4v) is 1.11. The molecule has 1 fully saturated rings. The van der Waals surface area contributed by atoms with Gasteiger partial charge in [0.2, 0.25) is 0 Å². The van der Waals surface area contributed by atoms with Gasteiger partial charge in [0.25, 0.3) is 0 Å². The molecule has 0 aromatic heterocycles. The van der Waals surface area contributed by atoms with Crippen LogP contribution < -0.4 is 0 Å². The summed E-state index contributed by atoms with van der Waals surface area (Å²) in [5.74, 6) is 0.619. The summed E-state index contributed by atoms with van der Waals surface area (Å²) in [6, 6.07) is 0. The Kier molecular flexibility index (Phi) is 2.02. The number of hydrogen-bond donors (Lipinski definition) is 1. The van der Waals surface area contributed by atoms with Crippen LogP contribution in [0.3, 0.4) is 0 Å². The third-order valence-electron chi connectivity index (χ3n) is 2.35. The third-order valence-corrected chi connectivity index (χ3v) is 2.35. The third kappa shape index (κ3) is 1.50. The van der Waals surface area contributed by atoms with E-state index in [1.807, 2.05) is 6.92 Å². The summed E-state index contributed by atoms with van der Waals surface area (Å²) in [7, 11) is 0. The molecule has 0 radical (unpaired) electrons. The van der Waals surface area contributed by atoms with Gasteiger partial charge < -0.3 is 9.84 Å². The zero-order valence-corrected chi connectivity index (χ0v) is 6.92. The minimum Gasteiger partial charge on any atom is -0.368 e. The van der Waals surface area contributed by atoms with Gasteiger partial charge in [-0.1, -0.05) is 13.8 Å². The number of rotatable bonds is 3. The van der Waals surface area contributed by atoms with Gasteiger partial charge in [-0.05, 0) is 25.7 Å². The topological polar surface area (TPSA) is 29.5 Å². The van der Waals surface area contributed by atoms with Gasteiger partial charge in [-0.3, -0.25) is 0 Å². The van der Waals surface area contributed by atoms with Gasteiger partial charge in [0.15, 0.2) is 6.29 Å². The standard InChI is InChI=1S/C8H16O2/c1-4-7(9)10-8(3)5-6(8)2/h6-7,9H,4-5H2,1-3H3. The monoisotopic (exact) mass is 144 g/mol. The van der Waals surface area contributed by atoms with Crippen molar-refractivity contribution < 1.29 is 9.84 Å². The van der Waals surface area contributed by atoms with Gasteiger partial charge in [0.05, 0.1) is 5.60 Å². The van der Waals surface area contributed by atoms with E-state index in [-0.39, 0.29) is 5.60 Å². The maximum Gasteiger partial charge on any atom is 0.155 e. The van der Waals surface area contributed by atoms with E-state index in [1.165, 1.54) is 0 Å². The van der Waals surface area contributed by atoms with Crippen molar-refractivity contribution in [3.05, 3.63) is 0 Å². The summed E-state index contributed by atoms with van der Waals surface area (Å²) in [6.07, 6.45) is 1.21. The SMILES string of the molecule is CCC(O)OC1(C)CC1C. The lowest BCUT2D eigenvalue weighted by Gasteiger charge is -2.16. The van der Waals surface area contributed by atoms with E-state index in [0.717, 1.165) is 6.42 Å². The lowest BCUT2D eigenvalue weighted by molar-refractivity contribution is -0.146. The van der Waals surface area contributed by atoms with Crippen molar-refractivity contribution in [2.45, 2.75) is 45.5 Å². The Morgan fingerprint density at radius 1 is 1.80 bits per heavy atom. The number of aliphatic hydroxyl groups excluding tert-OH is 1. The highest BCUT2D eigenvalue weighted by molar-refractivity contribution is 4.98. The molecule has 0 bridgehead atoms. The van der Waals surface area contributed by atoms with Crippen molar-refractivity contribution in [2.24, 2.45) is 5.92 Å². The maximum atomic E-state index is 9.13. The molecule has 1 saturated carbocycles. The van der Waals surface area contributed by atoms with Crippen LogP contribution in [0.4, 0.5) is 0 Å². The molecule has 1 aliphatic carbocycles. The van der Waals surface area contributed by atoms with Gasteiger partial charge in [-0.15, -0.1) is 0 Å². The lowest BCUT2D eigenvalue weighted by Crippen LogP contribution is -2.21.